The quantitative estimate of drug-likeness (QED) is 0.874. The number of aliphatic hydroxyl groups is 1. The fourth-order valence-corrected chi connectivity index (χ4v) is 3.86. The van der Waals surface area contributed by atoms with Crippen molar-refractivity contribution in [2.75, 3.05) is 26.2 Å². The van der Waals surface area contributed by atoms with Crippen molar-refractivity contribution in [2.45, 2.75) is 25.2 Å². The number of hydrogen-bond acceptors (Lipinski definition) is 2. The molecule has 2 aromatic rings. The summed E-state index contributed by atoms with van der Waals surface area (Å²) < 4.78 is 0. The number of likely N-dealkylation sites (tertiary alicyclic amines) is 1. The highest BCUT2D eigenvalue weighted by Crippen LogP contribution is 2.37. The maximum Gasteiger partial charge on any atom is 0.0443 e. The minimum Gasteiger partial charge on any atom is -0.396 e. The predicted molar refractivity (Wildman–Crippen MR) is 95.6 cm³/mol. The van der Waals surface area contributed by atoms with Crippen molar-refractivity contribution in [3.05, 3.63) is 71.8 Å². The van der Waals surface area contributed by atoms with Crippen LogP contribution in [0.5, 0.6) is 0 Å². The van der Waals surface area contributed by atoms with E-state index in [1.54, 1.807) is 0 Å². The molecule has 0 saturated carbocycles. The molecule has 0 atom stereocenters. The summed E-state index contributed by atoms with van der Waals surface area (Å²) in [6.45, 7) is 3.64. The van der Waals surface area contributed by atoms with E-state index in [0.717, 1.165) is 26.1 Å². The number of hydrogen-bond donors (Lipinski definition) is 1. The van der Waals surface area contributed by atoms with Crippen LogP contribution in [0.3, 0.4) is 0 Å². The van der Waals surface area contributed by atoms with Gasteiger partial charge in [0.2, 0.25) is 0 Å². The van der Waals surface area contributed by atoms with E-state index in [4.69, 9.17) is 5.11 Å². The zero-order chi connectivity index (χ0) is 15.9. The van der Waals surface area contributed by atoms with Crippen LogP contribution in [0, 0.1) is 5.92 Å². The average Bonchev–Trinajstić information content (AvgIpc) is 2.63. The lowest BCUT2D eigenvalue weighted by atomic mass is 9.76. The molecule has 1 N–H and O–H groups in total. The lowest BCUT2D eigenvalue weighted by Crippen LogP contribution is -2.36. The minimum atomic E-state index is 0.302. The number of rotatable bonds is 6. The van der Waals surface area contributed by atoms with E-state index in [1.165, 1.54) is 24.0 Å². The Morgan fingerprint density at radius 3 is 1.87 bits per heavy atom. The first-order valence-electron chi connectivity index (χ1n) is 8.81. The van der Waals surface area contributed by atoms with Crippen LogP contribution < -0.4 is 0 Å². The lowest BCUT2D eigenvalue weighted by molar-refractivity contribution is 0.160. The monoisotopic (exact) mass is 309 g/mol. The molecule has 2 nitrogen and oxygen atoms in total. The molecule has 0 spiro atoms. The summed E-state index contributed by atoms with van der Waals surface area (Å²) in [4.78, 5) is 2.50. The van der Waals surface area contributed by atoms with Crippen molar-refractivity contribution in [1.29, 1.82) is 0 Å². The molecule has 0 bridgehead atoms. The van der Waals surface area contributed by atoms with Gasteiger partial charge in [-0.3, -0.25) is 0 Å². The van der Waals surface area contributed by atoms with Gasteiger partial charge >= 0.3 is 0 Å². The Hall–Kier alpha value is -1.64. The number of nitrogens with zero attached hydrogens (tertiary/aromatic N) is 1. The third-order valence-electron chi connectivity index (χ3n) is 5.05. The van der Waals surface area contributed by atoms with Crippen LogP contribution in [0.4, 0.5) is 0 Å². The average molecular weight is 309 g/mol. The van der Waals surface area contributed by atoms with E-state index in [2.05, 4.69) is 65.6 Å². The van der Waals surface area contributed by atoms with E-state index < -0.39 is 0 Å². The molecule has 0 aliphatic carbocycles. The summed E-state index contributed by atoms with van der Waals surface area (Å²) >= 11 is 0. The highest BCUT2D eigenvalue weighted by atomic mass is 16.3. The second kappa shape index (κ2) is 8.28. The molecule has 2 heteroatoms. The molecular weight excluding hydrogens is 282 g/mol. The molecule has 0 aromatic heterocycles. The van der Waals surface area contributed by atoms with Crippen LogP contribution in [0.25, 0.3) is 0 Å². The maximum atomic E-state index is 9.01. The van der Waals surface area contributed by atoms with Gasteiger partial charge in [0.1, 0.15) is 0 Å². The van der Waals surface area contributed by atoms with Crippen molar-refractivity contribution in [3.8, 4) is 0 Å². The summed E-state index contributed by atoms with van der Waals surface area (Å²) in [5, 5.41) is 9.01. The molecule has 0 unspecified atom stereocenters. The van der Waals surface area contributed by atoms with Gasteiger partial charge in [-0.2, -0.15) is 0 Å². The summed E-state index contributed by atoms with van der Waals surface area (Å²) in [6.07, 6.45) is 3.37. The van der Waals surface area contributed by atoms with Crippen LogP contribution in [0.1, 0.15) is 36.3 Å². The van der Waals surface area contributed by atoms with Gasteiger partial charge in [0.15, 0.2) is 0 Å². The molecule has 23 heavy (non-hydrogen) atoms. The second-order valence-electron chi connectivity index (χ2n) is 6.56. The largest absolute Gasteiger partial charge is 0.396 e. The van der Waals surface area contributed by atoms with Gasteiger partial charge in [-0.1, -0.05) is 60.7 Å². The van der Waals surface area contributed by atoms with Crippen molar-refractivity contribution < 1.29 is 5.11 Å². The molecule has 3 rings (SSSR count). The van der Waals surface area contributed by atoms with Gasteiger partial charge in [-0.05, 0) is 49.4 Å². The van der Waals surface area contributed by atoms with Crippen LogP contribution in [-0.4, -0.2) is 36.2 Å². The highest BCUT2D eigenvalue weighted by Gasteiger charge is 2.28. The third-order valence-corrected chi connectivity index (χ3v) is 5.05. The highest BCUT2D eigenvalue weighted by molar-refractivity contribution is 5.33. The van der Waals surface area contributed by atoms with E-state index in [9.17, 15) is 0 Å². The minimum absolute atomic E-state index is 0.302. The fourth-order valence-electron chi connectivity index (χ4n) is 3.86. The van der Waals surface area contributed by atoms with Crippen molar-refractivity contribution in [1.82, 2.24) is 4.90 Å². The van der Waals surface area contributed by atoms with Crippen molar-refractivity contribution >= 4 is 0 Å². The Kier molecular flexibility index (Phi) is 5.84. The Balaban J connectivity index is 1.75. The van der Waals surface area contributed by atoms with Gasteiger partial charge in [0.05, 0.1) is 0 Å². The molecule has 1 saturated heterocycles. The molecule has 1 heterocycles. The van der Waals surface area contributed by atoms with E-state index in [0.29, 0.717) is 18.4 Å². The topological polar surface area (TPSA) is 23.5 Å². The summed E-state index contributed by atoms with van der Waals surface area (Å²) in [5.74, 6) is 1.20. The molecule has 0 amide bonds. The summed E-state index contributed by atoms with van der Waals surface area (Å²) in [5.41, 5.74) is 2.88. The zero-order valence-electron chi connectivity index (χ0n) is 13.8. The normalized spacial score (nSPS) is 16.8. The van der Waals surface area contributed by atoms with Gasteiger partial charge < -0.3 is 10.0 Å². The van der Waals surface area contributed by atoms with Crippen molar-refractivity contribution in [3.63, 3.8) is 0 Å². The molecule has 2 aromatic carbocycles. The Labute approximate surface area is 139 Å². The number of piperidine rings is 1. The smallest absolute Gasteiger partial charge is 0.0443 e. The standard InChI is InChI=1S/C21H27NO/c23-17-7-14-22-15-12-20(13-16-22)21(18-8-3-1-4-9-18)19-10-5-2-6-11-19/h1-6,8-11,20-21,23H,7,12-17H2. The lowest BCUT2D eigenvalue weighted by Gasteiger charge is -2.36. The van der Waals surface area contributed by atoms with Gasteiger partial charge in [-0.25, -0.2) is 0 Å². The first-order valence-corrected chi connectivity index (χ1v) is 8.81. The first kappa shape index (κ1) is 16.2. The number of benzene rings is 2. The molecule has 1 aliphatic heterocycles. The first-order chi connectivity index (χ1) is 11.4. The van der Waals surface area contributed by atoms with Crippen LogP contribution >= 0.6 is 0 Å². The number of aliphatic hydroxyl groups excluding tert-OH is 1. The van der Waals surface area contributed by atoms with Gasteiger partial charge in [-0.15, -0.1) is 0 Å². The van der Waals surface area contributed by atoms with Crippen LogP contribution in [-0.2, 0) is 0 Å². The van der Waals surface area contributed by atoms with Gasteiger partial charge in [0.25, 0.3) is 0 Å². The fraction of sp³-hybridized carbons (Fsp3) is 0.429. The van der Waals surface area contributed by atoms with E-state index in [1.807, 2.05) is 0 Å². The SMILES string of the molecule is OCCCN1CCC(C(c2ccccc2)c2ccccc2)CC1. The Morgan fingerprint density at radius 1 is 0.870 bits per heavy atom. The van der Waals surface area contributed by atoms with Gasteiger partial charge in [0, 0.05) is 19.1 Å². The van der Waals surface area contributed by atoms with Crippen molar-refractivity contribution in [2.24, 2.45) is 5.92 Å². The molecular formula is C21H27NO. The zero-order valence-corrected chi connectivity index (χ0v) is 13.8. The second-order valence-corrected chi connectivity index (χ2v) is 6.56. The maximum absolute atomic E-state index is 9.01. The van der Waals surface area contributed by atoms with E-state index in [-0.39, 0.29) is 0 Å². The predicted octanol–water partition coefficient (Wildman–Crippen LogP) is 3.91. The summed E-state index contributed by atoms with van der Waals surface area (Å²) in [6, 6.07) is 21.9. The summed E-state index contributed by atoms with van der Waals surface area (Å²) in [7, 11) is 0. The molecule has 1 aliphatic rings. The van der Waals surface area contributed by atoms with Crippen LogP contribution in [0.15, 0.2) is 60.7 Å². The molecule has 122 valence electrons. The Bertz CT molecular complexity index is 521. The van der Waals surface area contributed by atoms with E-state index >= 15 is 0 Å². The van der Waals surface area contributed by atoms with Crippen LogP contribution in [0.2, 0.25) is 0 Å². The molecule has 0 radical (unpaired) electrons. The Morgan fingerprint density at radius 2 is 1.39 bits per heavy atom. The third kappa shape index (κ3) is 4.21. The molecule has 1 fully saturated rings.